The van der Waals surface area contributed by atoms with Gasteiger partial charge in [-0.25, -0.2) is 4.79 Å². The van der Waals surface area contributed by atoms with Gasteiger partial charge in [0.25, 0.3) is 0 Å². The van der Waals surface area contributed by atoms with Gasteiger partial charge in [-0.1, -0.05) is 23.2 Å². The summed E-state index contributed by atoms with van der Waals surface area (Å²) in [5.74, 6) is -1.22. The second kappa shape index (κ2) is 4.68. The van der Waals surface area contributed by atoms with Crippen molar-refractivity contribution in [1.29, 1.82) is 0 Å². The van der Waals surface area contributed by atoms with Crippen LogP contribution in [0.1, 0.15) is 11.9 Å². The van der Waals surface area contributed by atoms with Crippen molar-refractivity contribution in [2.24, 2.45) is 0 Å². The Kier molecular flexibility index (Phi) is 4.57. The minimum Gasteiger partial charge on any atom is -1.00 e. The third-order valence-corrected chi connectivity index (χ3v) is 1.39. The van der Waals surface area contributed by atoms with Crippen molar-refractivity contribution in [3.63, 3.8) is 0 Å². The standard InChI is InChI=1S/C5H2Cl2N2O2.Li.H/c6-2-1-3(7)8-9-4(2)5(10)11;;/h1H,(H,10,11);;/q;+1;-1. The predicted octanol–water partition coefficient (Wildman–Crippen LogP) is -1.40. The van der Waals surface area contributed by atoms with Crippen LogP contribution in [0, 0.1) is 0 Å². The van der Waals surface area contributed by atoms with Crippen LogP contribution in [-0.2, 0) is 0 Å². The summed E-state index contributed by atoms with van der Waals surface area (Å²) < 4.78 is 0. The molecule has 0 atom stereocenters. The number of hydrogen-bond acceptors (Lipinski definition) is 3. The molecule has 7 heteroatoms. The molecule has 0 aromatic carbocycles. The van der Waals surface area contributed by atoms with Crippen molar-refractivity contribution >= 4 is 29.2 Å². The Morgan fingerprint density at radius 1 is 1.50 bits per heavy atom. The first-order valence-electron chi connectivity index (χ1n) is 2.53. The summed E-state index contributed by atoms with van der Waals surface area (Å²) in [5.41, 5.74) is -0.295. The largest absolute Gasteiger partial charge is 1.00 e. The van der Waals surface area contributed by atoms with Gasteiger partial charge in [-0.15, -0.1) is 10.2 Å². The maximum Gasteiger partial charge on any atom is 1.00 e. The molecule has 1 rings (SSSR count). The van der Waals surface area contributed by atoms with Crippen molar-refractivity contribution < 1.29 is 30.2 Å². The minimum atomic E-state index is -1.22. The Morgan fingerprint density at radius 3 is 2.50 bits per heavy atom. The number of carboxylic acid groups (broad SMARTS) is 1. The van der Waals surface area contributed by atoms with Crippen LogP contribution in [0.4, 0.5) is 0 Å². The summed E-state index contributed by atoms with van der Waals surface area (Å²) in [6, 6.07) is 1.22. The van der Waals surface area contributed by atoms with E-state index in [1.165, 1.54) is 6.07 Å². The molecule has 0 fully saturated rings. The summed E-state index contributed by atoms with van der Waals surface area (Å²) in [6.45, 7) is 0. The van der Waals surface area contributed by atoms with Crippen molar-refractivity contribution in [3.8, 4) is 0 Å². The predicted molar refractivity (Wildman–Crippen MR) is 40.1 cm³/mol. The molecule has 1 heterocycles. The number of carbonyl (C=O) groups is 1. The molecular formula is C5H3Cl2LiN2O2. The summed E-state index contributed by atoms with van der Waals surface area (Å²) in [4.78, 5) is 10.3. The fraction of sp³-hybridized carbons (Fsp3) is 0. The quantitative estimate of drug-likeness (QED) is 0.567. The first-order valence-corrected chi connectivity index (χ1v) is 3.29. The number of carboxylic acids is 1. The summed E-state index contributed by atoms with van der Waals surface area (Å²) >= 11 is 10.8. The zero-order valence-corrected chi connectivity index (χ0v) is 7.60. The molecule has 0 aliphatic carbocycles. The Balaban J connectivity index is 0. The van der Waals surface area contributed by atoms with E-state index in [1.54, 1.807) is 0 Å². The molecule has 12 heavy (non-hydrogen) atoms. The molecular weight excluding hydrogens is 198 g/mol. The first kappa shape index (κ1) is 11.7. The SMILES string of the molecule is O=C(O)c1nnc(Cl)cc1Cl.[H-].[Li+]. The van der Waals surface area contributed by atoms with Crippen LogP contribution in [0.25, 0.3) is 0 Å². The average Bonchev–Trinajstić information content (AvgIpc) is 1.85. The summed E-state index contributed by atoms with van der Waals surface area (Å²) in [6.07, 6.45) is 0. The van der Waals surface area contributed by atoms with E-state index in [1.807, 2.05) is 0 Å². The van der Waals surface area contributed by atoms with Gasteiger partial charge in [0.05, 0.1) is 5.02 Å². The topological polar surface area (TPSA) is 63.1 Å². The van der Waals surface area contributed by atoms with Crippen LogP contribution in [0.5, 0.6) is 0 Å². The van der Waals surface area contributed by atoms with E-state index in [0.717, 1.165) is 0 Å². The van der Waals surface area contributed by atoms with E-state index in [-0.39, 0.29) is 36.2 Å². The molecule has 0 bridgehead atoms. The Bertz CT molecular complexity index is 313. The number of aromatic carboxylic acids is 1. The van der Waals surface area contributed by atoms with Crippen LogP contribution in [0.15, 0.2) is 6.07 Å². The van der Waals surface area contributed by atoms with Crippen LogP contribution in [-0.4, -0.2) is 21.3 Å². The molecule has 1 aromatic heterocycles. The molecule has 1 N–H and O–H groups in total. The van der Waals surface area contributed by atoms with Gasteiger partial charge in [0.1, 0.15) is 0 Å². The fourth-order valence-electron chi connectivity index (χ4n) is 0.492. The van der Waals surface area contributed by atoms with Gasteiger partial charge in [-0.05, 0) is 6.07 Å². The number of rotatable bonds is 1. The summed E-state index contributed by atoms with van der Waals surface area (Å²) in [5, 5.41) is 15.1. The number of aromatic nitrogens is 2. The average molecular weight is 201 g/mol. The Hall–Kier alpha value is -0.273. The monoisotopic (exact) mass is 200 g/mol. The van der Waals surface area contributed by atoms with E-state index < -0.39 is 5.97 Å². The van der Waals surface area contributed by atoms with Gasteiger partial charge in [0.2, 0.25) is 0 Å². The van der Waals surface area contributed by atoms with E-state index in [0.29, 0.717) is 0 Å². The van der Waals surface area contributed by atoms with Crippen molar-refractivity contribution in [1.82, 2.24) is 10.2 Å². The van der Waals surface area contributed by atoms with Crippen molar-refractivity contribution in [2.45, 2.75) is 0 Å². The first-order chi connectivity index (χ1) is 5.11. The zero-order valence-electron chi connectivity index (χ0n) is 7.08. The number of nitrogens with zero attached hydrogens (tertiary/aromatic N) is 2. The maximum absolute atomic E-state index is 10.3. The zero-order chi connectivity index (χ0) is 8.43. The molecule has 60 valence electrons. The van der Waals surface area contributed by atoms with Gasteiger partial charge >= 0.3 is 24.8 Å². The Morgan fingerprint density at radius 2 is 2.08 bits per heavy atom. The minimum absolute atomic E-state index is 0. The van der Waals surface area contributed by atoms with E-state index in [4.69, 9.17) is 28.3 Å². The molecule has 4 nitrogen and oxygen atoms in total. The van der Waals surface area contributed by atoms with Crippen LogP contribution in [0.3, 0.4) is 0 Å². The van der Waals surface area contributed by atoms with Crippen molar-refractivity contribution in [3.05, 3.63) is 21.9 Å². The molecule has 0 amide bonds. The normalized spacial score (nSPS) is 8.83. The molecule has 0 radical (unpaired) electrons. The molecule has 1 aromatic rings. The van der Waals surface area contributed by atoms with Gasteiger partial charge in [0.15, 0.2) is 10.8 Å². The molecule has 0 aliphatic heterocycles. The molecule has 0 aliphatic rings. The van der Waals surface area contributed by atoms with Crippen LogP contribution >= 0.6 is 23.2 Å². The smallest absolute Gasteiger partial charge is 1.00 e. The number of halogens is 2. The molecule has 0 spiro atoms. The molecule has 0 saturated heterocycles. The number of hydrogen-bond donors (Lipinski definition) is 1. The summed E-state index contributed by atoms with van der Waals surface area (Å²) in [7, 11) is 0. The van der Waals surface area contributed by atoms with Gasteiger partial charge in [-0.3, -0.25) is 0 Å². The maximum atomic E-state index is 10.3. The van der Waals surface area contributed by atoms with Crippen LogP contribution < -0.4 is 18.9 Å². The Labute approximate surface area is 91.5 Å². The third-order valence-electron chi connectivity index (χ3n) is 0.920. The van der Waals surface area contributed by atoms with Gasteiger partial charge in [-0.2, -0.15) is 0 Å². The van der Waals surface area contributed by atoms with Crippen LogP contribution in [0.2, 0.25) is 10.2 Å². The van der Waals surface area contributed by atoms with Gasteiger partial charge in [0, 0.05) is 0 Å². The second-order valence-corrected chi connectivity index (χ2v) is 2.46. The fourth-order valence-corrected chi connectivity index (χ4v) is 0.917. The van der Waals surface area contributed by atoms with E-state index >= 15 is 0 Å². The molecule has 0 unspecified atom stereocenters. The third kappa shape index (κ3) is 2.65. The van der Waals surface area contributed by atoms with E-state index in [2.05, 4.69) is 10.2 Å². The van der Waals surface area contributed by atoms with Gasteiger partial charge < -0.3 is 6.53 Å². The van der Waals surface area contributed by atoms with E-state index in [9.17, 15) is 4.79 Å². The second-order valence-electron chi connectivity index (χ2n) is 1.67. The molecule has 0 saturated carbocycles. The van der Waals surface area contributed by atoms with Crippen molar-refractivity contribution in [2.75, 3.05) is 0 Å².